The second-order valence-corrected chi connectivity index (χ2v) is 38.5. The summed E-state index contributed by atoms with van der Waals surface area (Å²) in [6.45, 7) is 23.0. The van der Waals surface area contributed by atoms with Gasteiger partial charge >= 0.3 is 36.0 Å². The van der Waals surface area contributed by atoms with Crippen molar-refractivity contribution in [2.75, 3.05) is 47.2 Å². The van der Waals surface area contributed by atoms with Gasteiger partial charge in [0.15, 0.2) is 39.4 Å². The zero-order valence-electron chi connectivity index (χ0n) is 66.0. The maximum Gasteiger partial charge on any atom is 0.404 e. The van der Waals surface area contributed by atoms with E-state index in [1.807, 2.05) is 69.2 Å². The standard InChI is InChI=1S/C18H30O3.C17H25F3O3.C17H26O4.C17H28O3.C16H24O4.10CH4/c1-4-17(2,3)16(19)21-12-20-11-18-8-13-5-14(9-18)7-15(6-13)10-18;1-3-16(2,17(18,19)20)15(21)23-9-22-14-12-5-10-4-11(7-12)8-13(14)6-10;1-4-17(2,3)16(19)21-9-20-15-12-6-10-5-11(8-12)14(18)13(15)7-10;1-3-12(2)16(18)20-11-19-10-17-7-13-4-14(8-17)6-15(5-13)9-17;1-3-9(2)16(18)20-8-19-15-12-5-10-4-11(7-12)14(17)13(15)6-10;;;;;;;;;;/h13-15H,4-12H2,1-3H3;10-14H,3-9H2,1-2H3;10-13,15H,4-9H2,1-3H3;12-15H,3-11H2,1-2H3;9-13,15H,3-8H2,1-2H3;10*1H4. The first-order chi connectivity index (χ1) is 49.8. The molecule has 13 atom stereocenters. The van der Waals surface area contributed by atoms with Crippen molar-refractivity contribution in [1.82, 2.24) is 0 Å². The normalized spacial score (nSPS) is 35.3. The third-order valence-electron chi connectivity index (χ3n) is 30.0. The van der Waals surface area contributed by atoms with Gasteiger partial charge in [0.05, 0.1) is 54.2 Å². The summed E-state index contributed by atoms with van der Waals surface area (Å²) in [6.07, 6.45) is 29.4. The number of carbonyl (C=O) groups excluding carboxylic acids is 7. The Balaban J connectivity index is 0.000000704. The van der Waals surface area contributed by atoms with E-state index in [2.05, 4.69) is 0 Å². The number of hydrogen-bond acceptors (Lipinski definition) is 17. The lowest BCUT2D eigenvalue weighted by Crippen LogP contribution is -2.55. The van der Waals surface area contributed by atoms with Crippen LogP contribution in [0.25, 0.3) is 0 Å². The van der Waals surface area contributed by atoms with Crippen LogP contribution in [0.5, 0.6) is 0 Å². The smallest absolute Gasteiger partial charge is 0.404 e. The van der Waals surface area contributed by atoms with E-state index in [0.717, 1.165) is 169 Å². The van der Waals surface area contributed by atoms with E-state index in [9.17, 15) is 46.7 Å². The Kier molecular flexibility index (Phi) is 43.7. The van der Waals surface area contributed by atoms with E-state index >= 15 is 0 Å². The van der Waals surface area contributed by atoms with E-state index in [4.69, 9.17) is 47.4 Å². The maximum atomic E-state index is 13.0. The molecule has 0 heterocycles. The van der Waals surface area contributed by atoms with Crippen molar-refractivity contribution < 1.29 is 94.1 Å². The van der Waals surface area contributed by atoms with E-state index in [0.29, 0.717) is 52.0 Å². The predicted molar refractivity (Wildman–Crippen MR) is 453 cm³/mol. The van der Waals surface area contributed by atoms with Crippen molar-refractivity contribution in [2.24, 2.45) is 145 Å². The van der Waals surface area contributed by atoms with Crippen molar-refractivity contribution in [1.29, 1.82) is 0 Å². The van der Waals surface area contributed by atoms with Crippen LogP contribution in [0.4, 0.5) is 13.2 Å². The number of ketones is 2. The number of hydrogen-bond donors (Lipinski definition) is 0. The highest BCUT2D eigenvalue weighted by Crippen LogP contribution is 2.62. The van der Waals surface area contributed by atoms with Gasteiger partial charge in [-0.2, -0.15) is 13.2 Å². The lowest BCUT2D eigenvalue weighted by molar-refractivity contribution is -0.241. The lowest BCUT2D eigenvalue weighted by atomic mass is 9.50. The number of esters is 5. The Morgan fingerprint density at radius 2 is 0.635 bits per heavy atom. The largest absolute Gasteiger partial charge is 0.438 e. The Morgan fingerprint density at radius 1 is 0.357 bits per heavy atom. The van der Waals surface area contributed by atoms with E-state index < -0.39 is 28.4 Å². The number of rotatable bonds is 27. The first-order valence-corrected chi connectivity index (χ1v) is 41.8. The second-order valence-electron chi connectivity index (χ2n) is 38.5. The highest BCUT2D eigenvalue weighted by molar-refractivity contribution is 5.87. The molecule has 20 saturated carbocycles. The van der Waals surface area contributed by atoms with E-state index in [1.54, 1.807) is 0 Å². The molecule has 0 saturated heterocycles. The molecule has 20 aliphatic rings. The molecule has 20 aliphatic carbocycles. The quantitative estimate of drug-likeness (QED) is 0.0324. The van der Waals surface area contributed by atoms with Crippen LogP contribution in [0.15, 0.2) is 0 Å². The summed E-state index contributed by atoms with van der Waals surface area (Å²) >= 11 is 0. The van der Waals surface area contributed by atoms with E-state index in [-0.39, 0.29) is 186 Å². The van der Waals surface area contributed by atoms with Crippen LogP contribution in [0.1, 0.15) is 350 Å². The average molecular weight is 1640 g/mol. The predicted octanol–water partition coefficient (Wildman–Crippen LogP) is 24.1. The molecular formula is C95H173F3O17. The highest BCUT2D eigenvalue weighted by Gasteiger charge is 2.59. The molecular weight excluding hydrogens is 1470 g/mol. The van der Waals surface area contributed by atoms with Gasteiger partial charge in [-0.1, -0.05) is 123 Å². The molecule has 20 rings (SSSR count). The van der Waals surface area contributed by atoms with Crippen molar-refractivity contribution in [3.05, 3.63) is 0 Å². The summed E-state index contributed by atoms with van der Waals surface area (Å²) in [5, 5.41) is 0. The van der Waals surface area contributed by atoms with Gasteiger partial charge in [-0.05, 0) is 321 Å². The van der Waals surface area contributed by atoms with Gasteiger partial charge in [0.25, 0.3) is 0 Å². The monoisotopic (exact) mass is 1640 g/mol. The molecule has 0 spiro atoms. The Labute approximate surface area is 699 Å². The zero-order valence-corrected chi connectivity index (χ0v) is 66.0. The summed E-state index contributed by atoms with van der Waals surface area (Å²) < 4.78 is 93.8. The van der Waals surface area contributed by atoms with E-state index in [1.165, 1.54) is 103 Å². The minimum atomic E-state index is -4.61. The van der Waals surface area contributed by atoms with Crippen LogP contribution >= 0.6 is 0 Å². The maximum absolute atomic E-state index is 13.0. The second kappa shape index (κ2) is 46.0. The molecule has 0 aliphatic heterocycles. The first-order valence-electron chi connectivity index (χ1n) is 41.8. The minimum Gasteiger partial charge on any atom is -0.438 e. The number of ether oxygens (including phenoxy) is 10. The van der Waals surface area contributed by atoms with Crippen molar-refractivity contribution in [3.63, 3.8) is 0 Å². The molecule has 20 fully saturated rings. The molecule has 17 nitrogen and oxygen atoms in total. The van der Waals surface area contributed by atoms with Gasteiger partial charge in [0.2, 0.25) is 0 Å². The summed E-state index contributed by atoms with van der Waals surface area (Å²) in [6, 6.07) is 0. The third kappa shape index (κ3) is 25.7. The van der Waals surface area contributed by atoms with Crippen molar-refractivity contribution in [3.8, 4) is 0 Å². The van der Waals surface area contributed by atoms with Crippen molar-refractivity contribution in [2.45, 2.75) is 374 Å². The fraction of sp³-hybridized carbons (Fsp3) is 0.926. The minimum absolute atomic E-state index is 0. The van der Waals surface area contributed by atoms with Gasteiger partial charge < -0.3 is 47.4 Å². The molecule has 0 radical (unpaired) electrons. The average Bonchev–Trinajstić information content (AvgIpc) is 0.771. The molecule has 0 aromatic heterocycles. The third-order valence-corrected chi connectivity index (χ3v) is 30.0. The van der Waals surface area contributed by atoms with Gasteiger partial charge in [0.1, 0.15) is 11.6 Å². The van der Waals surface area contributed by atoms with Crippen LogP contribution in [-0.2, 0) is 80.9 Å². The fourth-order valence-electron chi connectivity index (χ4n) is 23.9. The summed E-state index contributed by atoms with van der Waals surface area (Å²) in [7, 11) is 0. The van der Waals surface area contributed by atoms with Crippen LogP contribution in [0.2, 0.25) is 0 Å². The van der Waals surface area contributed by atoms with Gasteiger partial charge in [-0.25, -0.2) is 0 Å². The number of halogens is 3. The molecule has 0 aromatic rings. The molecule has 0 N–H and O–H groups in total. The molecule has 115 heavy (non-hydrogen) atoms. The Morgan fingerprint density at radius 3 is 0.957 bits per heavy atom. The highest BCUT2D eigenvalue weighted by atomic mass is 19.4. The number of carbonyl (C=O) groups is 7. The molecule has 0 aromatic carbocycles. The molecule has 0 amide bonds. The van der Waals surface area contributed by atoms with Crippen LogP contribution in [-0.4, -0.2) is 113 Å². The zero-order chi connectivity index (χ0) is 75.6. The SMILES string of the molecule is C.C.C.C.C.C.C.C.C.C.CCC(C)(C(=O)OCOC1C2CC3CC(C2)CC1C3)C(F)(F)F.CCC(C)(C)C(=O)OCOC1C2CC3CC(C2)C(=O)C1C3.CCC(C)(C)C(=O)OCOCC12CC3CC(CC(C3)C1)C2.CCC(C)C(=O)OCOC1C2CC3CC(C2)C(=O)C1C3.CCC(C)C(=O)OCOCC12CC3CC(CC(C3)C1)C2. The van der Waals surface area contributed by atoms with Crippen LogP contribution < -0.4 is 0 Å². The summed E-state index contributed by atoms with van der Waals surface area (Å²) in [5.74, 6) is 10.2. The van der Waals surface area contributed by atoms with Crippen molar-refractivity contribution >= 4 is 41.4 Å². The van der Waals surface area contributed by atoms with Gasteiger partial charge in [-0.3, -0.25) is 33.6 Å². The summed E-state index contributed by atoms with van der Waals surface area (Å²) in [5.41, 5.74) is -2.51. The Hall–Kier alpha value is -3.72. The summed E-state index contributed by atoms with van der Waals surface area (Å²) in [4.78, 5) is 83.5. The number of alkyl halides is 3. The molecule has 20 bridgehead atoms. The molecule has 676 valence electrons. The van der Waals surface area contributed by atoms with Gasteiger partial charge in [-0.15, -0.1) is 0 Å². The molecule has 13 unspecified atom stereocenters. The van der Waals surface area contributed by atoms with Crippen LogP contribution in [0, 0.1) is 145 Å². The number of Topliss-reactive ketones (excluding diaryl/α,β-unsaturated/α-hetero) is 2. The topological polar surface area (TPSA) is 212 Å². The lowest BCUT2D eigenvalue weighted by Gasteiger charge is -2.56. The Bertz CT molecular complexity index is 2880. The fourth-order valence-corrected chi connectivity index (χ4v) is 23.9. The first kappa shape index (κ1) is 109. The molecule has 20 heteroatoms. The van der Waals surface area contributed by atoms with Crippen LogP contribution in [0.3, 0.4) is 0 Å². The van der Waals surface area contributed by atoms with Gasteiger partial charge in [0, 0.05) is 23.7 Å².